The number of anilines is 1. The molecule has 0 spiro atoms. The molecule has 2 aromatic rings. The molecule has 8 heteroatoms. The van der Waals surface area contributed by atoms with E-state index in [1.807, 2.05) is 18.3 Å². The fourth-order valence-corrected chi connectivity index (χ4v) is 3.90. The number of hydrogen-bond acceptors (Lipinski definition) is 3. The highest BCUT2D eigenvalue weighted by Gasteiger charge is 2.20. The summed E-state index contributed by atoms with van der Waals surface area (Å²) in [6.45, 7) is 10.3. The normalized spacial score (nSPS) is 14.4. The van der Waals surface area contributed by atoms with Crippen molar-refractivity contribution in [3.8, 4) is 0 Å². The van der Waals surface area contributed by atoms with Crippen molar-refractivity contribution in [1.82, 2.24) is 14.8 Å². The first-order valence-corrected chi connectivity index (χ1v) is 11.2. The van der Waals surface area contributed by atoms with Gasteiger partial charge in [0.2, 0.25) is 5.56 Å². The first kappa shape index (κ1) is 25.5. The van der Waals surface area contributed by atoms with E-state index in [9.17, 15) is 4.79 Å². The van der Waals surface area contributed by atoms with Gasteiger partial charge in [-0.15, -0.1) is 24.0 Å². The third-order valence-corrected chi connectivity index (χ3v) is 5.63. The standard InChI is InChI=1S/C23H32ClN5O.HI/c1-3-25-23(26-11-5-7-13-28-12-6-4-8-22(28)30)29-16-14-27(15-17-29)21-18-20(24)10-9-19(21)2;/h4,6,8-10,12,18H,3,5,7,11,13-17H2,1-2H3,(H,25,26);1H. The molecular formula is C23H33ClIN5O. The zero-order chi connectivity index (χ0) is 21.3. The van der Waals surface area contributed by atoms with Crippen molar-refractivity contribution in [1.29, 1.82) is 0 Å². The zero-order valence-electron chi connectivity index (χ0n) is 18.4. The summed E-state index contributed by atoms with van der Waals surface area (Å²) in [5.74, 6) is 0.983. The fraction of sp³-hybridized carbons (Fsp3) is 0.478. The Morgan fingerprint density at radius 3 is 2.61 bits per heavy atom. The quantitative estimate of drug-likeness (QED) is 0.242. The molecule has 3 rings (SSSR count). The maximum Gasteiger partial charge on any atom is 0.250 e. The number of unbranched alkanes of at least 4 members (excludes halogenated alkanes) is 1. The van der Waals surface area contributed by atoms with E-state index in [-0.39, 0.29) is 29.5 Å². The van der Waals surface area contributed by atoms with Gasteiger partial charge >= 0.3 is 0 Å². The summed E-state index contributed by atoms with van der Waals surface area (Å²) in [5, 5.41) is 4.21. The number of aryl methyl sites for hydroxylation is 2. The predicted molar refractivity (Wildman–Crippen MR) is 141 cm³/mol. The largest absolute Gasteiger partial charge is 0.368 e. The molecule has 170 valence electrons. The predicted octanol–water partition coefficient (Wildman–Crippen LogP) is 4.00. The highest BCUT2D eigenvalue weighted by molar-refractivity contribution is 14.0. The molecule has 6 nitrogen and oxygen atoms in total. The molecule has 1 fully saturated rings. The molecule has 1 saturated heterocycles. The number of benzene rings is 1. The van der Waals surface area contributed by atoms with E-state index < -0.39 is 0 Å². The highest BCUT2D eigenvalue weighted by Crippen LogP contribution is 2.25. The summed E-state index contributed by atoms with van der Waals surface area (Å²) in [4.78, 5) is 21.3. The summed E-state index contributed by atoms with van der Waals surface area (Å²) >= 11 is 6.20. The van der Waals surface area contributed by atoms with Crippen molar-refractivity contribution in [2.45, 2.75) is 33.2 Å². The molecule has 1 aromatic carbocycles. The van der Waals surface area contributed by atoms with Crippen molar-refractivity contribution in [2.75, 3.05) is 44.2 Å². The average molecular weight is 558 g/mol. The first-order chi connectivity index (χ1) is 14.6. The number of guanidine groups is 1. The molecule has 1 aliphatic rings. The van der Waals surface area contributed by atoms with Gasteiger partial charge in [-0.2, -0.15) is 0 Å². The van der Waals surface area contributed by atoms with Crippen LogP contribution in [-0.4, -0.2) is 54.7 Å². The summed E-state index contributed by atoms with van der Waals surface area (Å²) in [6, 6.07) is 11.4. The molecule has 1 aromatic heterocycles. The average Bonchev–Trinajstić information content (AvgIpc) is 2.76. The van der Waals surface area contributed by atoms with Gasteiger partial charge in [0.05, 0.1) is 0 Å². The van der Waals surface area contributed by atoms with E-state index in [0.717, 1.165) is 69.6 Å². The topological polar surface area (TPSA) is 52.9 Å². The van der Waals surface area contributed by atoms with Crippen LogP contribution < -0.4 is 15.8 Å². The number of aromatic nitrogens is 1. The van der Waals surface area contributed by atoms with Gasteiger partial charge in [0.15, 0.2) is 5.96 Å². The number of hydrogen-bond donors (Lipinski definition) is 1. The first-order valence-electron chi connectivity index (χ1n) is 10.8. The van der Waals surface area contributed by atoms with E-state index in [1.54, 1.807) is 16.7 Å². The van der Waals surface area contributed by atoms with Gasteiger partial charge < -0.3 is 19.7 Å². The summed E-state index contributed by atoms with van der Waals surface area (Å²) in [7, 11) is 0. The van der Waals surface area contributed by atoms with Crippen molar-refractivity contribution >= 4 is 47.2 Å². The van der Waals surface area contributed by atoms with Gasteiger partial charge in [-0.25, -0.2) is 0 Å². The van der Waals surface area contributed by atoms with Crippen molar-refractivity contribution in [2.24, 2.45) is 4.99 Å². The Balaban J connectivity index is 0.00000341. The maximum absolute atomic E-state index is 11.8. The number of pyridine rings is 1. The molecule has 31 heavy (non-hydrogen) atoms. The van der Waals surface area contributed by atoms with Crippen LogP contribution in [-0.2, 0) is 6.54 Å². The lowest BCUT2D eigenvalue weighted by molar-refractivity contribution is 0.372. The Bertz CT molecular complexity index is 909. The molecule has 2 heterocycles. The molecule has 0 bridgehead atoms. The van der Waals surface area contributed by atoms with Crippen molar-refractivity contribution < 1.29 is 0 Å². The van der Waals surface area contributed by atoms with E-state index in [2.05, 4.69) is 41.1 Å². The summed E-state index contributed by atoms with van der Waals surface area (Å²) in [6.07, 6.45) is 3.74. The molecule has 1 aliphatic heterocycles. The zero-order valence-corrected chi connectivity index (χ0v) is 21.5. The minimum Gasteiger partial charge on any atom is -0.368 e. The van der Waals surface area contributed by atoms with Crippen LogP contribution in [0.4, 0.5) is 5.69 Å². The second-order valence-corrected chi connectivity index (χ2v) is 8.02. The molecule has 1 N–H and O–H groups in total. The van der Waals surface area contributed by atoms with Gasteiger partial charge in [-0.3, -0.25) is 9.79 Å². The molecule has 0 amide bonds. The van der Waals surface area contributed by atoms with Crippen LogP contribution in [0, 0.1) is 6.92 Å². The smallest absolute Gasteiger partial charge is 0.250 e. The minimum atomic E-state index is 0. The fourth-order valence-electron chi connectivity index (χ4n) is 3.73. The van der Waals surface area contributed by atoms with Gasteiger partial charge in [-0.05, 0) is 50.5 Å². The van der Waals surface area contributed by atoms with Crippen molar-refractivity contribution in [3.63, 3.8) is 0 Å². The number of aliphatic imine (C=N–C) groups is 1. The number of halogens is 2. The van der Waals surface area contributed by atoms with Gasteiger partial charge in [0, 0.05) is 68.8 Å². The SMILES string of the molecule is CCNC(=NCCCCn1ccccc1=O)N1CCN(c2cc(Cl)ccc2C)CC1.I. The van der Waals surface area contributed by atoms with E-state index in [1.165, 1.54) is 11.3 Å². The van der Waals surface area contributed by atoms with Crippen LogP contribution in [0.25, 0.3) is 0 Å². The van der Waals surface area contributed by atoms with E-state index in [0.29, 0.717) is 0 Å². The monoisotopic (exact) mass is 557 g/mol. The molecule has 0 atom stereocenters. The maximum atomic E-state index is 11.8. The molecular weight excluding hydrogens is 525 g/mol. The Morgan fingerprint density at radius 1 is 1.13 bits per heavy atom. The van der Waals surface area contributed by atoms with Gasteiger partial charge in [0.1, 0.15) is 0 Å². The van der Waals surface area contributed by atoms with Crippen LogP contribution in [0.3, 0.4) is 0 Å². The van der Waals surface area contributed by atoms with Crippen LogP contribution >= 0.6 is 35.6 Å². The number of piperazine rings is 1. The van der Waals surface area contributed by atoms with Crippen molar-refractivity contribution in [3.05, 3.63) is 63.5 Å². The van der Waals surface area contributed by atoms with Gasteiger partial charge in [0.25, 0.3) is 0 Å². The Morgan fingerprint density at radius 2 is 1.90 bits per heavy atom. The number of rotatable bonds is 7. The molecule has 0 radical (unpaired) electrons. The molecule has 0 saturated carbocycles. The molecule has 0 unspecified atom stereocenters. The minimum absolute atomic E-state index is 0. The third kappa shape index (κ3) is 7.42. The van der Waals surface area contributed by atoms with Gasteiger partial charge in [-0.1, -0.05) is 23.7 Å². The van der Waals surface area contributed by atoms with Crippen LogP contribution in [0.2, 0.25) is 5.02 Å². The van der Waals surface area contributed by atoms with E-state index in [4.69, 9.17) is 16.6 Å². The summed E-state index contributed by atoms with van der Waals surface area (Å²) < 4.78 is 1.76. The second-order valence-electron chi connectivity index (χ2n) is 7.58. The highest BCUT2D eigenvalue weighted by atomic mass is 127. The lowest BCUT2D eigenvalue weighted by atomic mass is 10.1. The van der Waals surface area contributed by atoms with Crippen LogP contribution in [0.1, 0.15) is 25.3 Å². The summed E-state index contributed by atoms with van der Waals surface area (Å²) in [5.41, 5.74) is 2.54. The Labute approximate surface area is 207 Å². The lowest BCUT2D eigenvalue weighted by Crippen LogP contribution is -2.52. The second kappa shape index (κ2) is 13.0. The third-order valence-electron chi connectivity index (χ3n) is 5.39. The van der Waals surface area contributed by atoms with Crippen LogP contribution in [0.5, 0.6) is 0 Å². The van der Waals surface area contributed by atoms with Crippen LogP contribution in [0.15, 0.2) is 52.4 Å². The number of nitrogens with zero attached hydrogens (tertiary/aromatic N) is 4. The Kier molecular flexibility index (Phi) is 10.7. The molecule has 0 aliphatic carbocycles. The lowest BCUT2D eigenvalue weighted by Gasteiger charge is -2.38. The Hall–Kier alpha value is -1.74. The number of nitrogens with one attached hydrogen (secondary N) is 1. The van der Waals surface area contributed by atoms with E-state index >= 15 is 0 Å².